The number of benzene rings is 2. The molecule has 0 saturated heterocycles. The molecule has 0 heterocycles. The number of aliphatic hydroxyl groups is 1. The molecule has 1 atom stereocenters. The summed E-state index contributed by atoms with van der Waals surface area (Å²) < 4.78 is 10.5. The highest BCUT2D eigenvalue weighted by Crippen LogP contribution is 2.37. The summed E-state index contributed by atoms with van der Waals surface area (Å²) in [6.45, 7) is 1.68. The van der Waals surface area contributed by atoms with E-state index in [0.717, 1.165) is 0 Å². The molecule has 20 heavy (non-hydrogen) atoms. The first-order chi connectivity index (χ1) is 9.48. The summed E-state index contributed by atoms with van der Waals surface area (Å²) in [6, 6.07) is 11.7. The predicted octanol–water partition coefficient (Wildman–Crippen LogP) is 2.67. The van der Waals surface area contributed by atoms with Gasteiger partial charge in [-0.2, -0.15) is 0 Å². The summed E-state index contributed by atoms with van der Waals surface area (Å²) in [4.78, 5) is 0. The maximum atomic E-state index is 10.8. The SMILES string of the molecule is COc1ccc(C(C)(O)c2ccc(O)cc2)c(OC)c1. The zero-order valence-corrected chi connectivity index (χ0v) is 11.8. The van der Waals surface area contributed by atoms with Gasteiger partial charge in [0.2, 0.25) is 0 Å². The summed E-state index contributed by atoms with van der Waals surface area (Å²) in [7, 11) is 3.12. The van der Waals surface area contributed by atoms with Gasteiger partial charge < -0.3 is 19.7 Å². The summed E-state index contributed by atoms with van der Waals surface area (Å²) in [5, 5.41) is 20.2. The highest BCUT2D eigenvalue weighted by atomic mass is 16.5. The second-order valence-corrected chi connectivity index (χ2v) is 4.69. The Kier molecular flexibility index (Phi) is 3.86. The van der Waals surface area contributed by atoms with E-state index in [-0.39, 0.29) is 5.75 Å². The minimum Gasteiger partial charge on any atom is -0.508 e. The fourth-order valence-corrected chi connectivity index (χ4v) is 2.14. The van der Waals surface area contributed by atoms with Crippen molar-refractivity contribution in [2.45, 2.75) is 12.5 Å². The minimum atomic E-state index is -1.23. The van der Waals surface area contributed by atoms with Crippen molar-refractivity contribution in [3.8, 4) is 17.2 Å². The largest absolute Gasteiger partial charge is 0.508 e. The Labute approximate surface area is 118 Å². The van der Waals surface area contributed by atoms with Gasteiger partial charge in [-0.05, 0) is 36.8 Å². The second-order valence-electron chi connectivity index (χ2n) is 4.69. The molecule has 2 aromatic rings. The predicted molar refractivity (Wildman–Crippen MR) is 76.3 cm³/mol. The van der Waals surface area contributed by atoms with Crippen LogP contribution in [0.3, 0.4) is 0 Å². The normalized spacial score (nSPS) is 13.6. The molecule has 0 spiro atoms. The first kappa shape index (κ1) is 14.2. The molecule has 0 aliphatic carbocycles. The van der Waals surface area contributed by atoms with Crippen LogP contribution >= 0.6 is 0 Å². The first-order valence-electron chi connectivity index (χ1n) is 6.23. The molecule has 0 bridgehead atoms. The second kappa shape index (κ2) is 5.43. The molecular formula is C16H18O4. The zero-order valence-electron chi connectivity index (χ0n) is 11.8. The Morgan fingerprint density at radius 1 is 0.950 bits per heavy atom. The van der Waals surface area contributed by atoms with E-state index in [1.165, 1.54) is 0 Å². The van der Waals surface area contributed by atoms with Crippen LogP contribution in [-0.2, 0) is 5.60 Å². The number of phenolic OH excluding ortho intramolecular Hbond substituents is 1. The van der Waals surface area contributed by atoms with Gasteiger partial charge in [0.05, 0.1) is 14.2 Å². The van der Waals surface area contributed by atoms with E-state index in [2.05, 4.69) is 0 Å². The van der Waals surface area contributed by atoms with E-state index < -0.39 is 5.60 Å². The molecule has 0 aromatic heterocycles. The van der Waals surface area contributed by atoms with Crippen molar-refractivity contribution in [3.05, 3.63) is 53.6 Å². The Balaban J connectivity index is 2.50. The number of hydrogen-bond acceptors (Lipinski definition) is 4. The van der Waals surface area contributed by atoms with Crippen LogP contribution in [0.5, 0.6) is 17.2 Å². The van der Waals surface area contributed by atoms with E-state index >= 15 is 0 Å². The van der Waals surface area contributed by atoms with Gasteiger partial charge >= 0.3 is 0 Å². The molecule has 4 nitrogen and oxygen atoms in total. The lowest BCUT2D eigenvalue weighted by Gasteiger charge is -2.26. The first-order valence-corrected chi connectivity index (χ1v) is 6.23. The van der Waals surface area contributed by atoms with E-state index in [9.17, 15) is 10.2 Å². The lowest BCUT2D eigenvalue weighted by molar-refractivity contribution is 0.0988. The minimum absolute atomic E-state index is 0.159. The Morgan fingerprint density at radius 3 is 2.15 bits per heavy atom. The molecule has 2 aromatic carbocycles. The van der Waals surface area contributed by atoms with Gasteiger partial charge in [0.25, 0.3) is 0 Å². The van der Waals surface area contributed by atoms with Crippen LogP contribution in [0.1, 0.15) is 18.1 Å². The highest BCUT2D eigenvalue weighted by Gasteiger charge is 2.29. The third-order valence-electron chi connectivity index (χ3n) is 3.36. The molecule has 0 amide bonds. The van der Waals surface area contributed by atoms with Gasteiger partial charge in [0.15, 0.2) is 0 Å². The molecule has 0 fully saturated rings. The van der Waals surface area contributed by atoms with Crippen LogP contribution in [0.2, 0.25) is 0 Å². The maximum Gasteiger partial charge on any atom is 0.128 e. The fraction of sp³-hybridized carbons (Fsp3) is 0.250. The van der Waals surface area contributed by atoms with Crippen molar-refractivity contribution >= 4 is 0 Å². The van der Waals surface area contributed by atoms with Crippen molar-refractivity contribution in [3.63, 3.8) is 0 Å². The number of rotatable bonds is 4. The lowest BCUT2D eigenvalue weighted by Crippen LogP contribution is -2.23. The topological polar surface area (TPSA) is 58.9 Å². The van der Waals surface area contributed by atoms with Crippen molar-refractivity contribution in [1.29, 1.82) is 0 Å². The van der Waals surface area contributed by atoms with Gasteiger partial charge in [0, 0.05) is 11.6 Å². The standard InChI is InChI=1S/C16H18O4/c1-16(18,11-4-6-12(17)7-5-11)14-9-8-13(19-2)10-15(14)20-3/h4-10,17-18H,1-3H3. The molecule has 106 valence electrons. The lowest BCUT2D eigenvalue weighted by atomic mass is 9.87. The molecule has 2 N–H and O–H groups in total. The van der Waals surface area contributed by atoms with Crippen LogP contribution in [0.25, 0.3) is 0 Å². The van der Waals surface area contributed by atoms with E-state index in [4.69, 9.17) is 9.47 Å². The van der Waals surface area contributed by atoms with E-state index in [0.29, 0.717) is 22.6 Å². The number of aromatic hydroxyl groups is 1. The van der Waals surface area contributed by atoms with Gasteiger partial charge in [0.1, 0.15) is 22.8 Å². The summed E-state index contributed by atoms with van der Waals surface area (Å²) in [5.74, 6) is 1.36. The van der Waals surface area contributed by atoms with Crippen LogP contribution in [0.4, 0.5) is 0 Å². The Bertz CT molecular complexity index is 588. The Hall–Kier alpha value is -2.20. The molecule has 0 aliphatic rings. The highest BCUT2D eigenvalue weighted by molar-refractivity contribution is 5.48. The smallest absolute Gasteiger partial charge is 0.128 e. The van der Waals surface area contributed by atoms with Crippen LogP contribution in [0.15, 0.2) is 42.5 Å². The average Bonchev–Trinajstić information content (AvgIpc) is 2.46. The third-order valence-corrected chi connectivity index (χ3v) is 3.36. The van der Waals surface area contributed by atoms with Crippen molar-refractivity contribution in [1.82, 2.24) is 0 Å². The fourth-order valence-electron chi connectivity index (χ4n) is 2.14. The summed E-state index contributed by atoms with van der Waals surface area (Å²) in [5.41, 5.74) is 0.0657. The molecule has 0 aliphatic heterocycles. The zero-order chi connectivity index (χ0) is 14.8. The van der Waals surface area contributed by atoms with Crippen LogP contribution in [0, 0.1) is 0 Å². The van der Waals surface area contributed by atoms with E-state index in [1.54, 1.807) is 63.6 Å². The summed E-state index contributed by atoms with van der Waals surface area (Å²) in [6.07, 6.45) is 0. The maximum absolute atomic E-state index is 10.8. The van der Waals surface area contributed by atoms with Crippen LogP contribution < -0.4 is 9.47 Å². The van der Waals surface area contributed by atoms with Crippen LogP contribution in [-0.4, -0.2) is 24.4 Å². The molecule has 0 radical (unpaired) electrons. The molecule has 1 unspecified atom stereocenters. The third kappa shape index (κ3) is 2.56. The molecule has 2 rings (SSSR count). The Morgan fingerprint density at radius 2 is 1.60 bits per heavy atom. The quantitative estimate of drug-likeness (QED) is 0.900. The monoisotopic (exact) mass is 274 g/mol. The molecule has 4 heteroatoms. The number of methoxy groups -OCH3 is 2. The van der Waals surface area contributed by atoms with Gasteiger partial charge in [-0.1, -0.05) is 12.1 Å². The van der Waals surface area contributed by atoms with Crippen molar-refractivity contribution in [2.24, 2.45) is 0 Å². The molecule has 0 saturated carbocycles. The van der Waals surface area contributed by atoms with Crippen molar-refractivity contribution < 1.29 is 19.7 Å². The number of phenols is 1. The van der Waals surface area contributed by atoms with E-state index in [1.807, 2.05) is 0 Å². The van der Waals surface area contributed by atoms with Gasteiger partial charge in [-0.15, -0.1) is 0 Å². The summed E-state index contributed by atoms with van der Waals surface area (Å²) >= 11 is 0. The number of hydrogen-bond donors (Lipinski definition) is 2. The average molecular weight is 274 g/mol. The molecular weight excluding hydrogens is 256 g/mol. The van der Waals surface area contributed by atoms with Gasteiger partial charge in [-0.3, -0.25) is 0 Å². The number of ether oxygens (including phenoxy) is 2. The van der Waals surface area contributed by atoms with Gasteiger partial charge in [-0.25, -0.2) is 0 Å². The van der Waals surface area contributed by atoms with Crippen molar-refractivity contribution in [2.75, 3.05) is 14.2 Å².